The largest absolute Gasteiger partial charge is 0.361 e. The molecule has 2 N–H and O–H groups in total. The zero-order valence-corrected chi connectivity index (χ0v) is 7.90. The summed E-state index contributed by atoms with van der Waals surface area (Å²) in [6.45, 7) is 2.30. The molecule has 0 aliphatic rings. The van der Waals surface area contributed by atoms with Crippen molar-refractivity contribution in [2.24, 2.45) is 5.73 Å². The highest BCUT2D eigenvalue weighted by Crippen LogP contribution is 2.23. The van der Waals surface area contributed by atoms with Crippen molar-refractivity contribution < 1.29 is 4.52 Å². The Morgan fingerprint density at radius 3 is 2.71 bits per heavy atom. The van der Waals surface area contributed by atoms with Crippen LogP contribution in [0, 0.1) is 6.92 Å². The van der Waals surface area contributed by atoms with Crippen molar-refractivity contribution in [2.75, 3.05) is 0 Å². The van der Waals surface area contributed by atoms with Gasteiger partial charge >= 0.3 is 0 Å². The molecule has 14 heavy (non-hydrogen) atoms. The number of hydrogen-bond donors (Lipinski definition) is 1. The molecule has 0 radical (unpaired) electrons. The van der Waals surface area contributed by atoms with Crippen LogP contribution in [0.5, 0.6) is 0 Å². The van der Waals surface area contributed by atoms with Crippen LogP contribution in [-0.2, 0) is 6.54 Å². The molecule has 0 bridgehead atoms. The van der Waals surface area contributed by atoms with E-state index in [0.717, 1.165) is 22.6 Å². The normalized spacial score (nSPS) is 10.4. The molecule has 0 aliphatic heterocycles. The molecule has 2 aromatic heterocycles. The standard InChI is InChI=1S/C10H11N3O/c1-7-9(6-11)10(13-14-7)8-2-4-12-5-3-8/h2-5H,6,11H2,1H3. The molecule has 2 aromatic rings. The first-order valence-electron chi connectivity index (χ1n) is 4.38. The second kappa shape index (κ2) is 3.59. The lowest BCUT2D eigenvalue weighted by Crippen LogP contribution is -1.98. The summed E-state index contributed by atoms with van der Waals surface area (Å²) in [4.78, 5) is 3.94. The van der Waals surface area contributed by atoms with Gasteiger partial charge in [-0.05, 0) is 19.1 Å². The molecule has 0 spiro atoms. The Hall–Kier alpha value is -1.68. The van der Waals surface area contributed by atoms with Gasteiger partial charge in [-0.15, -0.1) is 0 Å². The third kappa shape index (κ3) is 1.40. The topological polar surface area (TPSA) is 64.9 Å². The summed E-state index contributed by atoms with van der Waals surface area (Å²) in [6.07, 6.45) is 3.44. The Morgan fingerprint density at radius 1 is 1.36 bits per heavy atom. The van der Waals surface area contributed by atoms with E-state index in [9.17, 15) is 0 Å². The molecule has 4 heteroatoms. The second-order valence-corrected chi connectivity index (χ2v) is 3.01. The van der Waals surface area contributed by atoms with Crippen molar-refractivity contribution in [3.05, 3.63) is 35.9 Å². The summed E-state index contributed by atoms with van der Waals surface area (Å²) in [7, 11) is 0. The van der Waals surface area contributed by atoms with Gasteiger partial charge in [0.25, 0.3) is 0 Å². The second-order valence-electron chi connectivity index (χ2n) is 3.01. The van der Waals surface area contributed by atoms with Gasteiger partial charge in [-0.3, -0.25) is 4.98 Å². The van der Waals surface area contributed by atoms with Crippen LogP contribution in [0.25, 0.3) is 11.3 Å². The summed E-state index contributed by atoms with van der Waals surface area (Å²) >= 11 is 0. The van der Waals surface area contributed by atoms with Crippen molar-refractivity contribution in [2.45, 2.75) is 13.5 Å². The maximum absolute atomic E-state index is 5.62. The molecular weight excluding hydrogens is 178 g/mol. The molecule has 0 fully saturated rings. The van der Waals surface area contributed by atoms with E-state index in [4.69, 9.17) is 10.3 Å². The van der Waals surface area contributed by atoms with Crippen LogP contribution < -0.4 is 5.73 Å². The highest BCUT2D eigenvalue weighted by molar-refractivity contribution is 5.62. The lowest BCUT2D eigenvalue weighted by molar-refractivity contribution is 0.398. The molecule has 0 aliphatic carbocycles. The SMILES string of the molecule is Cc1onc(-c2ccncc2)c1CN. The monoisotopic (exact) mass is 189 g/mol. The van der Waals surface area contributed by atoms with Gasteiger partial charge in [0.15, 0.2) is 0 Å². The van der Waals surface area contributed by atoms with E-state index < -0.39 is 0 Å². The van der Waals surface area contributed by atoms with E-state index in [1.54, 1.807) is 12.4 Å². The van der Waals surface area contributed by atoms with E-state index in [1.807, 2.05) is 19.1 Å². The fourth-order valence-corrected chi connectivity index (χ4v) is 1.37. The van der Waals surface area contributed by atoms with Crippen LogP contribution >= 0.6 is 0 Å². The molecule has 0 amide bonds. The zero-order valence-electron chi connectivity index (χ0n) is 7.90. The molecule has 2 heterocycles. The maximum atomic E-state index is 5.62. The lowest BCUT2D eigenvalue weighted by atomic mass is 10.1. The summed E-state index contributed by atoms with van der Waals surface area (Å²) in [6, 6.07) is 3.77. The van der Waals surface area contributed by atoms with E-state index in [1.165, 1.54) is 0 Å². The number of aryl methyl sites for hydroxylation is 1. The Kier molecular flexibility index (Phi) is 2.28. The molecule has 0 atom stereocenters. The Labute approximate surface area is 81.7 Å². The molecule has 0 saturated heterocycles. The minimum atomic E-state index is 0.437. The van der Waals surface area contributed by atoms with Crippen LogP contribution in [-0.4, -0.2) is 10.1 Å². The van der Waals surface area contributed by atoms with Crippen LogP contribution in [0.15, 0.2) is 29.0 Å². The number of hydrogen-bond acceptors (Lipinski definition) is 4. The molecule has 4 nitrogen and oxygen atoms in total. The number of nitrogens with two attached hydrogens (primary N) is 1. The minimum absolute atomic E-state index is 0.437. The first-order valence-corrected chi connectivity index (χ1v) is 4.38. The Bertz CT molecular complexity index is 422. The summed E-state index contributed by atoms with van der Waals surface area (Å²) < 4.78 is 5.09. The number of nitrogens with zero attached hydrogens (tertiary/aromatic N) is 2. The van der Waals surface area contributed by atoms with Crippen molar-refractivity contribution in [1.29, 1.82) is 0 Å². The van der Waals surface area contributed by atoms with E-state index in [-0.39, 0.29) is 0 Å². The zero-order chi connectivity index (χ0) is 9.97. The molecule has 0 aromatic carbocycles. The first-order chi connectivity index (χ1) is 6.83. The lowest BCUT2D eigenvalue weighted by Gasteiger charge is -1.97. The van der Waals surface area contributed by atoms with E-state index >= 15 is 0 Å². The van der Waals surface area contributed by atoms with Gasteiger partial charge in [0.2, 0.25) is 0 Å². The minimum Gasteiger partial charge on any atom is -0.361 e. The van der Waals surface area contributed by atoms with Gasteiger partial charge < -0.3 is 10.3 Å². The number of pyridine rings is 1. The predicted octanol–water partition coefficient (Wildman–Crippen LogP) is 1.50. The predicted molar refractivity (Wildman–Crippen MR) is 52.4 cm³/mol. The van der Waals surface area contributed by atoms with Gasteiger partial charge in [-0.25, -0.2) is 0 Å². The molecular formula is C10H11N3O. The average Bonchev–Trinajstić information content (AvgIpc) is 2.61. The molecule has 2 rings (SSSR count). The van der Waals surface area contributed by atoms with Gasteiger partial charge in [0, 0.05) is 30.1 Å². The van der Waals surface area contributed by atoms with Crippen LogP contribution in [0.2, 0.25) is 0 Å². The summed E-state index contributed by atoms with van der Waals surface area (Å²) in [5, 5.41) is 3.97. The Morgan fingerprint density at radius 2 is 2.07 bits per heavy atom. The third-order valence-electron chi connectivity index (χ3n) is 2.14. The van der Waals surface area contributed by atoms with Crippen LogP contribution in [0.3, 0.4) is 0 Å². The highest BCUT2D eigenvalue weighted by atomic mass is 16.5. The average molecular weight is 189 g/mol. The smallest absolute Gasteiger partial charge is 0.138 e. The first kappa shape index (κ1) is 8.90. The fourth-order valence-electron chi connectivity index (χ4n) is 1.37. The van der Waals surface area contributed by atoms with Gasteiger partial charge in [0.05, 0.1) is 0 Å². The number of rotatable bonds is 2. The van der Waals surface area contributed by atoms with E-state index in [0.29, 0.717) is 6.54 Å². The van der Waals surface area contributed by atoms with Crippen molar-refractivity contribution in [3.8, 4) is 11.3 Å². The molecule has 0 saturated carbocycles. The molecule has 0 unspecified atom stereocenters. The number of aromatic nitrogens is 2. The van der Waals surface area contributed by atoms with Crippen LogP contribution in [0.1, 0.15) is 11.3 Å². The van der Waals surface area contributed by atoms with Crippen LogP contribution in [0.4, 0.5) is 0 Å². The van der Waals surface area contributed by atoms with Gasteiger partial charge in [-0.2, -0.15) is 0 Å². The summed E-state index contributed by atoms with van der Waals surface area (Å²) in [5.74, 6) is 0.777. The Balaban J connectivity index is 2.52. The maximum Gasteiger partial charge on any atom is 0.138 e. The summed E-state index contributed by atoms with van der Waals surface area (Å²) in [5.41, 5.74) is 8.37. The molecule has 72 valence electrons. The van der Waals surface area contributed by atoms with Crippen molar-refractivity contribution >= 4 is 0 Å². The van der Waals surface area contributed by atoms with Crippen molar-refractivity contribution in [3.63, 3.8) is 0 Å². The fraction of sp³-hybridized carbons (Fsp3) is 0.200. The van der Waals surface area contributed by atoms with Gasteiger partial charge in [-0.1, -0.05) is 5.16 Å². The quantitative estimate of drug-likeness (QED) is 0.777. The van der Waals surface area contributed by atoms with Gasteiger partial charge in [0.1, 0.15) is 11.5 Å². The highest BCUT2D eigenvalue weighted by Gasteiger charge is 2.12. The third-order valence-corrected chi connectivity index (χ3v) is 2.14. The van der Waals surface area contributed by atoms with E-state index in [2.05, 4.69) is 10.1 Å². The van der Waals surface area contributed by atoms with Crippen molar-refractivity contribution in [1.82, 2.24) is 10.1 Å².